The van der Waals surface area contributed by atoms with Gasteiger partial charge in [0.15, 0.2) is 6.61 Å². The van der Waals surface area contributed by atoms with Crippen LogP contribution < -0.4 is 10.1 Å². The molecule has 0 spiro atoms. The molecule has 1 heterocycles. The molecule has 0 atom stereocenters. The first kappa shape index (κ1) is 19.0. The highest BCUT2D eigenvalue weighted by Crippen LogP contribution is 2.19. The Morgan fingerprint density at radius 2 is 1.76 bits per heavy atom. The zero-order valence-electron chi connectivity index (χ0n) is 13.3. The molecule has 0 unspecified atom stereocenters. The van der Waals surface area contributed by atoms with Crippen LogP contribution in [0.2, 0.25) is 0 Å². The molecular formula is C16H18F4N2O3. The van der Waals surface area contributed by atoms with Crippen LogP contribution in [0.3, 0.4) is 0 Å². The van der Waals surface area contributed by atoms with Gasteiger partial charge in [-0.3, -0.25) is 9.59 Å². The predicted octanol–water partition coefficient (Wildman–Crippen LogP) is 2.12. The Morgan fingerprint density at radius 3 is 2.32 bits per heavy atom. The third kappa shape index (κ3) is 6.24. The molecular weight excluding hydrogens is 344 g/mol. The van der Waals surface area contributed by atoms with Crippen molar-refractivity contribution >= 4 is 11.8 Å². The number of nitrogens with zero attached hydrogens (tertiary/aromatic N) is 1. The minimum Gasteiger partial charge on any atom is -0.484 e. The zero-order valence-corrected chi connectivity index (χ0v) is 13.3. The largest absolute Gasteiger partial charge is 0.484 e. The van der Waals surface area contributed by atoms with Gasteiger partial charge in [-0.25, -0.2) is 4.39 Å². The Labute approximate surface area is 141 Å². The lowest BCUT2D eigenvalue weighted by Crippen LogP contribution is -2.45. The molecule has 1 N–H and O–H groups in total. The summed E-state index contributed by atoms with van der Waals surface area (Å²) in [7, 11) is 0. The fourth-order valence-corrected chi connectivity index (χ4v) is 2.49. The van der Waals surface area contributed by atoms with Crippen molar-refractivity contribution in [3.63, 3.8) is 0 Å². The van der Waals surface area contributed by atoms with Crippen molar-refractivity contribution in [2.24, 2.45) is 5.92 Å². The molecule has 25 heavy (non-hydrogen) atoms. The molecule has 0 radical (unpaired) electrons. The molecule has 1 aromatic rings. The molecule has 5 nitrogen and oxygen atoms in total. The molecule has 2 rings (SSSR count). The summed E-state index contributed by atoms with van der Waals surface area (Å²) in [4.78, 5) is 25.2. The molecule has 1 aromatic carbocycles. The summed E-state index contributed by atoms with van der Waals surface area (Å²) >= 11 is 0. The predicted molar refractivity (Wildman–Crippen MR) is 80.3 cm³/mol. The lowest BCUT2D eigenvalue weighted by Gasteiger charge is -2.31. The van der Waals surface area contributed by atoms with E-state index in [0.717, 1.165) is 0 Å². The fourth-order valence-electron chi connectivity index (χ4n) is 2.49. The van der Waals surface area contributed by atoms with E-state index in [1.54, 1.807) is 0 Å². The number of likely N-dealkylation sites (tertiary alicyclic amines) is 1. The number of amides is 2. The zero-order chi connectivity index (χ0) is 18.4. The molecule has 0 saturated carbocycles. The topological polar surface area (TPSA) is 58.6 Å². The second-order valence-corrected chi connectivity index (χ2v) is 5.73. The second kappa shape index (κ2) is 8.17. The first-order valence-electron chi connectivity index (χ1n) is 7.75. The van der Waals surface area contributed by atoms with Gasteiger partial charge in [-0.1, -0.05) is 0 Å². The Balaban J connectivity index is 1.72. The third-order valence-electron chi connectivity index (χ3n) is 3.86. The van der Waals surface area contributed by atoms with Crippen LogP contribution in [0.25, 0.3) is 0 Å². The van der Waals surface area contributed by atoms with E-state index < -0.39 is 30.4 Å². The second-order valence-electron chi connectivity index (χ2n) is 5.73. The van der Waals surface area contributed by atoms with E-state index in [-0.39, 0.29) is 25.6 Å². The summed E-state index contributed by atoms with van der Waals surface area (Å²) < 4.78 is 54.3. The van der Waals surface area contributed by atoms with Crippen LogP contribution in [0.4, 0.5) is 17.6 Å². The van der Waals surface area contributed by atoms with Gasteiger partial charge in [0.1, 0.15) is 18.1 Å². The molecule has 0 aromatic heterocycles. The van der Waals surface area contributed by atoms with Crippen LogP contribution in [0.5, 0.6) is 5.75 Å². The summed E-state index contributed by atoms with van der Waals surface area (Å²) in [6.45, 7) is -1.03. The summed E-state index contributed by atoms with van der Waals surface area (Å²) in [5.74, 6) is -1.53. The van der Waals surface area contributed by atoms with Gasteiger partial charge in [-0.2, -0.15) is 13.2 Å². The molecule has 9 heteroatoms. The van der Waals surface area contributed by atoms with Gasteiger partial charge in [0.2, 0.25) is 5.91 Å². The molecule has 1 saturated heterocycles. The SMILES string of the molecule is O=C(NCC(F)(F)F)C1CCN(C(=O)COc2ccc(F)cc2)CC1. The number of nitrogens with one attached hydrogen (secondary N) is 1. The molecule has 0 aliphatic carbocycles. The number of benzene rings is 1. The maximum Gasteiger partial charge on any atom is 0.405 e. The van der Waals surface area contributed by atoms with Gasteiger partial charge in [-0.15, -0.1) is 0 Å². The summed E-state index contributed by atoms with van der Waals surface area (Å²) in [5, 5.41) is 1.86. The number of ether oxygens (including phenoxy) is 1. The first-order chi connectivity index (χ1) is 11.7. The van der Waals surface area contributed by atoms with E-state index in [4.69, 9.17) is 4.74 Å². The van der Waals surface area contributed by atoms with Crippen molar-refractivity contribution < 1.29 is 31.9 Å². The Kier molecular flexibility index (Phi) is 6.22. The molecule has 0 bridgehead atoms. The van der Waals surface area contributed by atoms with Crippen molar-refractivity contribution in [2.75, 3.05) is 26.2 Å². The summed E-state index contributed by atoms with van der Waals surface area (Å²) in [6.07, 6.45) is -3.85. The van der Waals surface area contributed by atoms with E-state index >= 15 is 0 Å². The van der Waals surface area contributed by atoms with Gasteiger partial charge in [0.05, 0.1) is 0 Å². The number of rotatable bonds is 5. The lowest BCUT2D eigenvalue weighted by atomic mass is 9.96. The summed E-state index contributed by atoms with van der Waals surface area (Å²) in [6, 6.07) is 5.23. The third-order valence-corrected chi connectivity index (χ3v) is 3.86. The number of hydrogen-bond acceptors (Lipinski definition) is 3. The normalized spacial score (nSPS) is 15.8. The number of alkyl halides is 3. The fraction of sp³-hybridized carbons (Fsp3) is 0.500. The van der Waals surface area contributed by atoms with Crippen molar-refractivity contribution in [2.45, 2.75) is 19.0 Å². The number of halogens is 4. The van der Waals surface area contributed by atoms with Crippen molar-refractivity contribution in [3.05, 3.63) is 30.1 Å². The van der Waals surface area contributed by atoms with E-state index in [9.17, 15) is 27.2 Å². The van der Waals surface area contributed by atoms with Gasteiger partial charge < -0.3 is 15.0 Å². The van der Waals surface area contributed by atoms with Crippen LogP contribution >= 0.6 is 0 Å². The van der Waals surface area contributed by atoms with Crippen LogP contribution in [-0.2, 0) is 9.59 Å². The van der Waals surface area contributed by atoms with Crippen molar-refractivity contribution in [1.29, 1.82) is 0 Å². The van der Waals surface area contributed by atoms with Crippen LogP contribution in [-0.4, -0.2) is 49.1 Å². The molecule has 2 amide bonds. The van der Waals surface area contributed by atoms with Gasteiger partial charge in [0, 0.05) is 19.0 Å². The molecule has 1 aliphatic heterocycles. The quantitative estimate of drug-likeness (QED) is 0.817. The smallest absolute Gasteiger partial charge is 0.405 e. The van der Waals surface area contributed by atoms with Gasteiger partial charge in [-0.05, 0) is 37.1 Å². The minimum atomic E-state index is -4.44. The number of carbonyl (C=O) groups excluding carboxylic acids is 2. The average molecular weight is 362 g/mol. The number of hydrogen-bond donors (Lipinski definition) is 1. The highest BCUT2D eigenvalue weighted by atomic mass is 19.4. The van der Waals surface area contributed by atoms with E-state index in [0.29, 0.717) is 18.6 Å². The maximum absolute atomic E-state index is 12.8. The highest BCUT2D eigenvalue weighted by Gasteiger charge is 2.31. The minimum absolute atomic E-state index is 0.226. The monoisotopic (exact) mass is 362 g/mol. The Bertz CT molecular complexity index is 596. The molecule has 1 fully saturated rings. The first-order valence-corrected chi connectivity index (χ1v) is 7.75. The van der Waals surface area contributed by atoms with Crippen LogP contribution in [0, 0.1) is 11.7 Å². The van der Waals surface area contributed by atoms with Crippen molar-refractivity contribution in [3.8, 4) is 5.75 Å². The average Bonchev–Trinajstić information content (AvgIpc) is 2.58. The molecule has 1 aliphatic rings. The number of piperidine rings is 1. The van der Waals surface area contributed by atoms with Gasteiger partial charge in [0.25, 0.3) is 5.91 Å². The number of carbonyl (C=O) groups is 2. The highest BCUT2D eigenvalue weighted by molar-refractivity contribution is 5.80. The van der Waals surface area contributed by atoms with E-state index in [2.05, 4.69) is 0 Å². The van der Waals surface area contributed by atoms with Crippen LogP contribution in [0.15, 0.2) is 24.3 Å². The molecule has 138 valence electrons. The van der Waals surface area contributed by atoms with Crippen LogP contribution in [0.1, 0.15) is 12.8 Å². The summed E-state index contributed by atoms with van der Waals surface area (Å²) in [5.41, 5.74) is 0. The van der Waals surface area contributed by atoms with E-state index in [1.165, 1.54) is 29.2 Å². The Hall–Kier alpha value is -2.32. The Morgan fingerprint density at radius 1 is 1.16 bits per heavy atom. The standard InChI is InChI=1S/C16H18F4N2O3/c17-12-1-3-13(4-2-12)25-9-14(23)22-7-5-11(6-8-22)15(24)21-10-16(18,19)20/h1-4,11H,5-10H2,(H,21,24). The van der Waals surface area contributed by atoms with E-state index in [1.807, 2.05) is 5.32 Å². The maximum atomic E-state index is 12.8. The van der Waals surface area contributed by atoms with Gasteiger partial charge >= 0.3 is 6.18 Å². The van der Waals surface area contributed by atoms with Crippen molar-refractivity contribution in [1.82, 2.24) is 10.2 Å². The lowest BCUT2D eigenvalue weighted by molar-refractivity contribution is -0.143.